The van der Waals surface area contributed by atoms with Crippen LogP contribution in [0.5, 0.6) is 0 Å². The van der Waals surface area contributed by atoms with E-state index >= 15 is 0 Å². The van der Waals surface area contributed by atoms with Crippen LogP contribution in [0.15, 0.2) is 12.4 Å². The molecule has 0 aromatic carbocycles. The largest absolute Gasteiger partial charge is 0.366 e. The maximum Gasteiger partial charge on any atom is 0.251 e. The van der Waals surface area contributed by atoms with Gasteiger partial charge >= 0.3 is 0 Å². The zero-order valence-electron chi connectivity index (χ0n) is 7.44. The van der Waals surface area contributed by atoms with Gasteiger partial charge in [-0.1, -0.05) is 0 Å². The van der Waals surface area contributed by atoms with Gasteiger partial charge in [0.2, 0.25) is 0 Å². The number of nitrogens with two attached hydrogens (primary N) is 2. The summed E-state index contributed by atoms with van der Waals surface area (Å²) >= 11 is 0. The lowest BCUT2D eigenvalue weighted by Crippen LogP contribution is -2.09. The summed E-state index contributed by atoms with van der Waals surface area (Å²) in [4.78, 5) is 10.7. The van der Waals surface area contributed by atoms with Crippen molar-refractivity contribution in [1.82, 2.24) is 9.78 Å². The molecule has 72 valence electrons. The number of carbonyl (C=O) groups excluding carboxylic acids is 1. The smallest absolute Gasteiger partial charge is 0.251 e. The van der Waals surface area contributed by atoms with Crippen LogP contribution in [-0.2, 0) is 6.54 Å². The molecule has 0 bridgehead atoms. The van der Waals surface area contributed by atoms with E-state index in [1.165, 1.54) is 6.20 Å². The molecule has 5 nitrogen and oxygen atoms in total. The molecule has 0 aliphatic carbocycles. The van der Waals surface area contributed by atoms with Gasteiger partial charge in [0.1, 0.15) is 0 Å². The van der Waals surface area contributed by atoms with Crippen LogP contribution >= 0.6 is 0 Å². The molecule has 1 aromatic heterocycles. The Morgan fingerprint density at radius 3 is 2.85 bits per heavy atom. The van der Waals surface area contributed by atoms with E-state index in [0.717, 1.165) is 19.4 Å². The van der Waals surface area contributed by atoms with Crippen molar-refractivity contribution in [2.75, 3.05) is 6.54 Å². The summed E-state index contributed by atoms with van der Waals surface area (Å²) in [7, 11) is 0. The summed E-state index contributed by atoms with van der Waals surface area (Å²) in [5, 5.41) is 3.98. The SMILES string of the molecule is NCCCCn1cc(C(N)=O)cn1. The Morgan fingerprint density at radius 1 is 1.54 bits per heavy atom. The summed E-state index contributed by atoms with van der Waals surface area (Å²) in [5.74, 6) is -0.440. The number of amides is 1. The Labute approximate surface area is 76.7 Å². The number of nitrogens with zero attached hydrogens (tertiary/aromatic N) is 2. The van der Waals surface area contributed by atoms with Crippen molar-refractivity contribution < 1.29 is 4.79 Å². The van der Waals surface area contributed by atoms with Crippen molar-refractivity contribution in [2.24, 2.45) is 11.5 Å². The number of carbonyl (C=O) groups is 1. The molecule has 1 rings (SSSR count). The standard InChI is InChI=1S/C8H14N4O/c9-3-1-2-4-12-6-7(5-11-12)8(10)13/h5-6H,1-4,9H2,(H2,10,13). The van der Waals surface area contributed by atoms with Crippen LogP contribution in [0, 0.1) is 0 Å². The van der Waals surface area contributed by atoms with Crippen molar-refractivity contribution in [3.63, 3.8) is 0 Å². The maximum absolute atomic E-state index is 10.7. The number of primary amides is 1. The normalized spacial score (nSPS) is 10.2. The molecule has 0 unspecified atom stereocenters. The minimum absolute atomic E-state index is 0.440. The van der Waals surface area contributed by atoms with Crippen LogP contribution in [0.4, 0.5) is 0 Å². The number of unbranched alkanes of at least 4 members (excludes halogenated alkanes) is 1. The molecule has 0 aliphatic heterocycles. The van der Waals surface area contributed by atoms with Crippen molar-refractivity contribution >= 4 is 5.91 Å². The van der Waals surface area contributed by atoms with Crippen LogP contribution in [-0.4, -0.2) is 22.2 Å². The molecule has 1 aromatic rings. The Bertz CT molecular complexity index is 281. The highest BCUT2D eigenvalue weighted by atomic mass is 16.1. The first-order chi connectivity index (χ1) is 6.24. The predicted molar refractivity (Wildman–Crippen MR) is 49.0 cm³/mol. The minimum atomic E-state index is -0.440. The number of hydrogen-bond donors (Lipinski definition) is 2. The molecule has 0 aliphatic rings. The van der Waals surface area contributed by atoms with Crippen molar-refractivity contribution in [1.29, 1.82) is 0 Å². The van der Waals surface area contributed by atoms with E-state index in [9.17, 15) is 4.79 Å². The third kappa shape index (κ3) is 2.87. The Morgan fingerprint density at radius 2 is 2.31 bits per heavy atom. The van der Waals surface area contributed by atoms with Crippen LogP contribution < -0.4 is 11.5 Å². The summed E-state index contributed by atoms with van der Waals surface area (Å²) in [6, 6.07) is 0. The fourth-order valence-corrected chi connectivity index (χ4v) is 1.03. The Kier molecular flexibility index (Phi) is 3.45. The summed E-state index contributed by atoms with van der Waals surface area (Å²) < 4.78 is 1.70. The molecule has 4 N–H and O–H groups in total. The van der Waals surface area contributed by atoms with Crippen LogP contribution in [0.25, 0.3) is 0 Å². The second kappa shape index (κ2) is 4.61. The third-order valence-electron chi connectivity index (χ3n) is 1.76. The number of aryl methyl sites for hydroxylation is 1. The van der Waals surface area contributed by atoms with Gasteiger partial charge in [0.25, 0.3) is 5.91 Å². The zero-order chi connectivity index (χ0) is 9.68. The van der Waals surface area contributed by atoms with E-state index in [1.54, 1.807) is 10.9 Å². The first-order valence-electron chi connectivity index (χ1n) is 4.26. The monoisotopic (exact) mass is 182 g/mol. The molecular formula is C8H14N4O. The molecule has 5 heteroatoms. The van der Waals surface area contributed by atoms with E-state index in [2.05, 4.69) is 5.10 Å². The van der Waals surface area contributed by atoms with Gasteiger partial charge in [-0.25, -0.2) is 0 Å². The first kappa shape index (κ1) is 9.73. The number of aromatic nitrogens is 2. The average molecular weight is 182 g/mol. The van der Waals surface area contributed by atoms with Crippen molar-refractivity contribution in [2.45, 2.75) is 19.4 Å². The van der Waals surface area contributed by atoms with E-state index in [4.69, 9.17) is 11.5 Å². The molecule has 0 radical (unpaired) electrons. The average Bonchev–Trinajstić information content (AvgIpc) is 2.53. The topological polar surface area (TPSA) is 86.9 Å². The van der Waals surface area contributed by atoms with Gasteiger partial charge in [0, 0.05) is 12.7 Å². The van der Waals surface area contributed by atoms with Crippen molar-refractivity contribution in [3.05, 3.63) is 18.0 Å². The zero-order valence-corrected chi connectivity index (χ0v) is 7.44. The molecule has 0 atom stereocenters. The number of hydrogen-bond acceptors (Lipinski definition) is 3. The van der Waals surface area contributed by atoms with E-state index in [-0.39, 0.29) is 0 Å². The lowest BCUT2D eigenvalue weighted by atomic mass is 10.3. The number of rotatable bonds is 5. The molecule has 1 heterocycles. The Balaban J connectivity index is 2.44. The van der Waals surface area contributed by atoms with E-state index < -0.39 is 5.91 Å². The quantitative estimate of drug-likeness (QED) is 0.614. The second-order valence-corrected chi connectivity index (χ2v) is 2.85. The lowest BCUT2D eigenvalue weighted by molar-refractivity contribution is 0.1000. The van der Waals surface area contributed by atoms with Gasteiger partial charge in [0.05, 0.1) is 11.8 Å². The van der Waals surface area contributed by atoms with Crippen LogP contribution in [0.1, 0.15) is 23.2 Å². The summed E-state index contributed by atoms with van der Waals surface area (Å²) in [6.45, 7) is 1.47. The lowest BCUT2D eigenvalue weighted by Gasteiger charge is -1.98. The van der Waals surface area contributed by atoms with Gasteiger partial charge in [0.15, 0.2) is 0 Å². The highest BCUT2D eigenvalue weighted by Gasteiger charge is 2.02. The molecule has 0 saturated carbocycles. The van der Waals surface area contributed by atoms with Crippen molar-refractivity contribution in [3.8, 4) is 0 Å². The fourth-order valence-electron chi connectivity index (χ4n) is 1.03. The molecular weight excluding hydrogens is 168 g/mol. The molecule has 0 saturated heterocycles. The van der Waals surface area contributed by atoms with Crippen LogP contribution in [0.2, 0.25) is 0 Å². The summed E-state index contributed by atoms with van der Waals surface area (Å²) in [6.07, 6.45) is 5.06. The van der Waals surface area contributed by atoms with Crippen LogP contribution in [0.3, 0.4) is 0 Å². The van der Waals surface area contributed by atoms with Gasteiger partial charge in [-0.05, 0) is 19.4 Å². The molecule has 0 spiro atoms. The van der Waals surface area contributed by atoms with Gasteiger partial charge in [-0.3, -0.25) is 9.48 Å². The highest BCUT2D eigenvalue weighted by Crippen LogP contribution is 1.98. The minimum Gasteiger partial charge on any atom is -0.366 e. The predicted octanol–water partition coefficient (Wildman–Crippen LogP) is -0.279. The highest BCUT2D eigenvalue weighted by molar-refractivity contribution is 5.92. The molecule has 13 heavy (non-hydrogen) atoms. The first-order valence-corrected chi connectivity index (χ1v) is 4.26. The van der Waals surface area contributed by atoms with Gasteiger partial charge in [-0.15, -0.1) is 0 Å². The second-order valence-electron chi connectivity index (χ2n) is 2.85. The third-order valence-corrected chi connectivity index (χ3v) is 1.76. The maximum atomic E-state index is 10.7. The summed E-state index contributed by atoms with van der Waals surface area (Å²) in [5.41, 5.74) is 10.9. The van der Waals surface area contributed by atoms with E-state index in [1.807, 2.05) is 0 Å². The molecule has 1 amide bonds. The Hall–Kier alpha value is -1.36. The van der Waals surface area contributed by atoms with Gasteiger partial charge < -0.3 is 11.5 Å². The fraction of sp³-hybridized carbons (Fsp3) is 0.500. The van der Waals surface area contributed by atoms with E-state index in [0.29, 0.717) is 12.1 Å². The van der Waals surface area contributed by atoms with Gasteiger partial charge in [-0.2, -0.15) is 5.10 Å². The molecule has 0 fully saturated rings.